The first-order chi connectivity index (χ1) is 20.2. The maximum atomic E-state index is 14.3. The molecule has 1 N–H and O–H groups in total. The summed E-state index contributed by atoms with van der Waals surface area (Å²) in [5.74, 6) is -0.400. The first-order valence-electron chi connectivity index (χ1n) is 13.4. The standard InChI is InChI=1S/C29H29Cl2FN8OS/c1-37(2)9-10-38(3)19-6-4-17(5-7-19)20-13-22(30)21-15-40(36-25(21)24(20)31)27(28(41)35-29-33-8-11-42-29)26-23-12-18(32)14-39(23)16-34-26/h4-8,11,13,15-16,18,27H,9-10,12,14H2,1-3H3,(H,33,35,41)/t18-,27-/m1/s1. The van der Waals surface area contributed by atoms with Gasteiger partial charge in [0.2, 0.25) is 0 Å². The van der Waals surface area contributed by atoms with Gasteiger partial charge >= 0.3 is 0 Å². The maximum Gasteiger partial charge on any atom is 0.257 e. The molecule has 2 atom stereocenters. The Labute approximate surface area is 256 Å². The zero-order chi connectivity index (χ0) is 29.5. The molecule has 9 nitrogen and oxygen atoms in total. The second kappa shape index (κ2) is 11.6. The molecule has 0 bridgehead atoms. The molecule has 1 aliphatic heterocycles. The lowest BCUT2D eigenvalue weighted by Gasteiger charge is -2.21. The molecule has 0 unspecified atom stereocenters. The van der Waals surface area contributed by atoms with Crippen molar-refractivity contribution in [1.29, 1.82) is 0 Å². The van der Waals surface area contributed by atoms with E-state index >= 15 is 0 Å². The van der Waals surface area contributed by atoms with Crippen LogP contribution >= 0.6 is 34.5 Å². The maximum absolute atomic E-state index is 14.3. The lowest BCUT2D eigenvalue weighted by atomic mass is 10.0. The van der Waals surface area contributed by atoms with E-state index in [1.165, 1.54) is 16.0 Å². The van der Waals surface area contributed by atoms with Crippen LogP contribution in [0.3, 0.4) is 0 Å². The Balaban J connectivity index is 1.38. The van der Waals surface area contributed by atoms with Crippen molar-refractivity contribution < 1.29 is 9.18 Å². The number of benzene rings is 2. The number of halogens is 3. The molecule has 0 radical (unpaired) electrons. The summed E-state index contributed by atoms with van der Waals surface area (Å²) in [4.78, 5) is 26.7. The number of nitrogens with one attached hydrogen (secondary N) is 1. The smallest absolute Gasteiger partial charge is 0.257 e. The van der Waals surface area contributed by atoms with E-state index in [1.54, 1.807) is 28.7 Å². The summed E-state index contributed by atoms with van der Waals surface area (Å²) in [6.45, 7) is 2.04. The average molecular weight is 628 g/mol. The minimum Gasteiger partial charge on any atom is -0.373 e. The summed E-state index contributed by atoms with van der Waals surface area (Å²) in [6, 6.07) is 8.94. The van der Waals surface area contributed by atoms with Crippen molar-refractivity contribution in [3.05, 3.63) is 75.9 Å². The van der Waals surface area contributed by atoms with E-state index in [4.69, 9.17) is 28.3 Å². The molecular weight excluding hydrogens is 598 g/mol. The van der Waals surface area contributed by atoms with Crippen LogP contribution in [0, 0.1) is 0 Å². The van der Waals surface area contributed by atoms with Crippen LogP contribution in [0.15, 0.2) is 54.4 Å². The largest absolute Gasteiger partial charge is 0.373 e. The summed E-state index contributed by atoms with van der Waals surface area (Å²) in [5, 5.41) is 11.3. The minimum absolute atomic E-state index is 0.170. The molecule has 13 heteroatoms. The Hall–Kier alpha value is -3.51. The van der Waals surface area contributed by atoms with Gasteiger partial charge in [0.05, 0.1) is 28.6 Å². The van der Waals surface area contributed by atoms with Gasteiger partial charge in [-0.2, -0.15) is 5.10 Å². The minimum atomic E-state index is -1.04. The number of likely N-dealkylation sites (N-methyl/N-ethyl adjacent to an activating group) is 2. The van der Waals surface area contributed by atoms with Crippen LogP contribution < -0.4 is 10.2 Å². The van der Waals surface area contributed by atoms with E-state index in [-0.39, 0.29) is 13.0 Å². The number of hydrogen-bond acceptors (Lipinski definition) is 7. The fourth-order valence-electron chi connectivity index (χ4n) is 5.19. The molecule has 1 aliphatic rings. The highest BCUT2D eigenvalue weighted by molar-refractivity contribution is 7.13. The number of hydrogen-bond donors (Lipinski definition) is 1. The molecule has 0 saturated heterocycles. The monoisotopic (exact) mass is 626 g/mol. The first kappa shape index (κ1) is 28.6. The van der Waals surface area contributed by atoms with E-state index in [2.05, 4.69) is 58.4 Å². The number of thiazole rings is 1. The van der Waals surface area contributed by atoms with Crippen LogP contribution in [0.1, 0.15) is 17.4 Å². The molecule has 5 aromatic rings. The van der Waals surface area contributed by atoms with Crippen LogP contribution in [0.2, 0.25) is 10.0 Å². The van der Waals surface area contributed by atoms with E-state index in [0.717, 1.165) is 29.9 Å². The van der Waals surface area contributed by atoms with Crippen LogP contribution in [-0.2, 0) is 17.8 Å². The number of carbonyl (C=O) groups is 1. The Morgan fingerprint density at radius 1 is 1.19 bits per heavy atom. The van der Waals surface area contributed by atoms with Gasteiger partial charge in [-0.15, -0.1) is 11.3 Å². The van der Waals surface area contributed by atoms with Gasteiger partial charge in [0.1, 0.15) is 11.7 Å². The molecule has 0 saturated carbocycles. The predicted molar refractivity (Wildman–Crippen MR) is 167 cm³/mol. The fraction of sp³-hybridized carbons (Fsp3) is 0.310. The zero-order valence-corrected chi connectivity index (χ0v) is 25.6. The predicted octanol–water partition coefficient (Wildman–Crippen LogP) is 5.78. The van der Waals surface area contributed by atoms with Gasteiger partial charge in [-0.05, 0) is 37.9 Å². The molecule has 0 fully saturated rings. The zero-order valence-electron chi connectivity index (χ0n) is 23.3. The SMILES string of the molecule is CN(C)CCN(C)c1ccc(-c2cc(Cl)c3cn([C@@H](C(=O)Nc4nccs4)c4ncn5c4C[C@@H](F)C5)nc3c2Cl)cc1. The number of fused-ring (bicyclic) bond motifs is 2. The molecule has 2 aromatic carbocycles. The van der Waals surface area contributed by atoms with Gasteiger partial charge in [-0.3, -0.25) is 14.8 Å². The number of alkyl halides is 1. The van der Waals surface area contributed by atoms with Gasteiger partial charge < -0.3 is 14.4 Å². The van der Waals surface area contributed by atoms with Gasteiger partial charge in [0.15, 0.2) is 11.2 Å². The van der Waals surface area contributed by atoms with Crippen molar-refractivity contribution in [2.75, 3.05) is 44.4 Å². The van der Waals surface area contributed by atoms with Crippen LogP contribution in [0.25, 0.3) is 22.0 Å². The topological polar surface area (TPSA) is 84.1 Å². The van der Waals surface area contributed by atoms with Crippen molar-refractivity contribution in [3.8, 4) is 11.1 Å². The van der Waals surface area contributed by atoms with Gasteiger partial charge in [-0.25, -0.2) is 14.4 Å². The van der Waals surface area contributed by atoms with E-state index in [0.29, 0.717) is 37.5 Å². The highest BCUT2D eigenvalue weighted by Gasteiger charge is 2.34. The molecule has 0 spiro atoms. The van der Waals surface area contributed by atoms with Crippen LogP contribution in [0.5, 0.6) is 0 Å². The second-order valence-corrected chi connectivity index (χ2v) is 12.3. The number of nitrogens with zero attached hydrogens (tertiary/aromatic N) is 7. The Morgan fingerprint density at radius 2 is 1.98 bits per heavy atom. The summed E-state index contributed by atoms with van der Waals surface area (Å²) in [5.41, 5.74) is 4.26. The highest BCUT2D eigenvalue weighted by Crippen LogP contribution is 2.40. The molecule has 42 heavy (non-hydrogen) atoms. The number of anilines is 2. The molecule has 3 aromatic heterocycles. The molecule has 0 aliphatic carbocycles. The van der Waals surface area contributed by atoms with Crippen molar-refractivity contribution in [2.24, 2.45) is 0 Å². The lowest BCUT2D eigenvalue weighted by Crippen LogP contribution is -2.28. The fourth-order valence-corrected chi connectivity index (χ4v) is 6.27. The third-order valence-electron chi connectivity index (χ3n) is 7.43. The van der Waals surface area contributed by atoms with Crippen LogP contribution in [0.4, 0.5) is 15.2 Å². The molecule has 6 rings (SSSR count). The van der Waals surface area contributed by atoms with Gasteiger partial charge in [-0.1, -0.05) is 35.3 Å². The van der Waals surface area contributed by atoms with E-state index in [9.17, 15) is 9.18 Å². The summed E-state index contributed by atoms with van der Waals surface area (Å²) in [6.07, 6.45) is 4.00. The summed E-state index contributed by atoms with van der Waals surface area (Å²) < 4.78 is 17.5. The molecule has 4 heterocycles. The molecular formula is C29H29Cl2FN8OS. The van der Waals surface area contributed by atoms with Crippen molar-refractivity contribution >= 4 is 62.2 Å². The molecule has 218 valence electrons. The normalized spacial score (nSPS) is 15.4. The number of rotatable bonds is 9. The number of aromatic nitrogens is 5. The highest BCUT2D eigenvalue weighted by atomic mass is 35.5. The van der Waals surface area contributed by atoms with E-state index in [1.807, 2.05) is 18.2 Å². The van der Waals surface area contributed by atoms with E-state index < -0.39 is 18.1 Å². The Kier molecular flexibility index (Phi) is 7.93. The lowest BCUT2D eigenvalue weighted by molar-refractivity contribution is -0.118. The van der Waals surface area contributed by atoms with Gasteiger partial charge in [0.25, 0.3) is 5.91 Å². The number of carbonyl (C=O) groups excluding carboxylic acids is 1. The number of imidazole rings is 1. The summed E-state index contributed by atoms with van der Waals surface area (Å²) in [7, 11) is 6.17. The summed E-state index contributed by atoms with van der Waals surface area (Å²) >= 11 is 15.0. The van der Waals surface area contributed by atoms with Crippen molar-refractivity contribution in [1.82, 2.24) is 29.2 Å². The van der Waals surface area contributed by atoms with Gasteiger partial charge in [0, 0.05) is 66.7 Å². The van der Waals surface area contributed by atoms with Crippen molar-refractivity contribution in [3.63, 3.8) is 0 Å². The third-order valence-corrected chi connectivity index (χ3v) is 8.81. The second-order valence-electron chi connectivity index (χ2n) is 10.6. The molecule has 1 amide bonds. The number of amides is 1. The third kappa shape index (κ3) is 5.49. The average Bonchev–Trinajstić information content (AvgIpc) is 3.76. The van der Waals surface area contributed by atoms with Crippen LogP contribution in [-0.4, -0.2) is 75.5 Å². The Bertz CT molecular complexity index is 1730. The first-order valence-corrected chi connectivity index (χ1v) is 15.0. The van der Waals surface area contributed by atoms with Crippen molar-refractivity contribution in [2.45, 2.75) is 25.2 Å². The Morgan fingerprint density at radius 3 is 2.69 bits per heavy atom. The quantitative estimate of drug-likeness (QED) is 0.223.